The molecule has 2 heterocycles. The van der Waals surface area contributed by atoms with Crippen LogP contribution in [-0.2, 0) is 0 Å². The Morgan fingerprint density at radius 2 is 0.833 bits per heavy atom. The second-order valence-corrected chi connectivity index (χ2v) is 14.3. The average molecular weight is 687 g/mol. The van der Waals surface area contributed by atoms with Gasteiger partial charge in [0.1, 0.15) is 22.3 Å². The van der Waals surface area contributed by atoms with Gasteiger partial charge in [-0.1, -0.05) is 152 Å². The van der Waals surface area contributed by atoms with E-state index in [4.69, 9.17) is 8.83 Å². The minimum Gasteiger partial charge on any atom is -0.456 e. The molecular formula is C52H30O2. The Morgan fingerprint density at radius 1 is 0.278 bits per heavy atom. The molecule has 0 radical (unpaired) electrons. The maximum atomic E-state index is 6.95. The molecule has 0 aliphatic heterocycles. The molecule has 2 heteroatoms. The number of rotatable bonds is 3. The molecule has 0 fully saturated rings. The van der Waals surface area contributed by atoms with Crippen molar-refractivity contribution in [2.24, 2.45) is 0 Å². The van der Waals surface area contributed by atoms with E-state index in [-0.39, 0.29) is 0 Å². The second kappa shape index (κ2) is 11.2. The van der Waals surface area contributed by atoms with Crippen LogP contribution >= 0.6 is 0 Å². The van der Waals surface area contributed by atoms with E-state index in [2.05, 4.69) is 170 Å². The molecule has 0 spiro atoms. The quantitative estimate of drug-likeness (QED) is 0.173. The molecule has 0 saturated carbocycles. The van der Waals surface area contributed by atoms with Crippen LogP contribution in [0.4, 0.5) is 0 Å². The number of hydrogen-bond donors (Lipinski definition) is 0. The van der Waals surface area contributed by atoms with Crippen LogP contribution in [0, 0.1) is 0 Å². The zero-order valence-electron chi connectivity index (χ0n) is 29.1. The van der Waals surface area contributed by atoms with Crippen molar-refractivity contribution in [2.75, 3.05) is 0 Å². The van der Waals surface area contributed by atoms with Crippen LogP contribution < -0.4 is 0 Å². The summed E-state index contributed by atoms with van der Waals surface area (Å²) in [5, 5.41) is 14.1. The molecule has 0 saturated heterocycles. The van der Waals surface area contributed by atoms with Crippen molar-refractivity contribution in [3.8, 4) is 33.4 Å². The first-order valence-corrected chi connectivity index (χ1v) is 18.5. The largest absolute Gasteiger partial charge is 0.456 e. The van der Waals surface area contributed by atoms with Gasteiger partial charge in [0.25, 0.3) is 0 Å². The van der Waals surface area contributed by atoms with Crippen molar-refractivity contribution >= 4 is 87.0 Å². The van der Waals surface area contributed by atoms with E-state index in [1.807, 2.05) is 12.1 Å². The summed E-state index contributed by atoms with van der Waals surface area (Å²) >= 11 is 0. The summed E-state index contributed by atoms with van der Waals surface area (Å²) in [6, 6.07) is 65.5. The molecule has 250 valence electrons. The Morgan fingerprint density at radius 3 is 1.56 bits per heavy atom. The van der Waals surface area contributed by atoms with Crippen LogP contribution in [0.3, 0.4) is 0 Å². The lowest BCUT2D eigenvalue weighted by molar-refractivity contribution is 0.665. The first-order valence-electron chi connectivity index (χ1n) is 18.5. The lowest BCUT2D eigenvalue weighted by Crippen LogP contribution is -1.91. The van der Waals surface area contributed by atoms with Gasteiger partial charge < -0.3 is 8.83 Å². The molecule has 0 aliphatic rings. The third-order valence-corrected chi connectivity index (χ3v) is 11.4. The fourth-order valence-corrected chi connectivity index (χ4v) is 9.02. The molecule has 12 rings (SSSR count). The van der Waals surface area contributed by atoms with Gasteiger partial charge >= 0.3 is 0 Å². The molecule has 0 N–H and O–H groups in total. The van der Waals surface area contributed by atoms with E-state index in [9.17, 15) is 0 Å². The minimum atomic E-state index is 0.864. The summed E-state index contributed by atoms with van der Waals surface area (Å²) in [5.74, 6) is 0. The summed E-state index contributed by atoms with van der Waals surface area (Å²) in [5.41, 5.74) is 10.6. The highest BCUT2D eigenvalue weighted by atomic mass is 16.3. The van der Waals surface area contributed by atoms with Crippen LogP contribution in [0.5, 0.6) is 0 Å². The lowest BCUT2D eigenvalue weighted by Gasteiger charge is -2.18. The standard InChI is InChI=1S/C52H30O2/c1-2-13-32(14-3-1)47-38-16-6-8-18-40(38)48(41-19-9-7-17-39(41)47)36-25-23-33-28-35(24-22-34(33)29-36)44-30-46-49(42-20-10-11-21-45(42)53-46)50-43-27-26-31-12-4-5-15-37(31)51(43)54-52(44)50/h1-30H. The van der Waals surface area contributed by atoms with E-state index < -0.39 is 0 Å². The zero-order chi connectivity index (χ0) is 35.3. The summed E-state index contributed by atoms with van der Waals surface area (Å²) in [7, 11) is 0. The van der Waals surface area contributed by atoms with Gasteiger partial charge in [-0.05, 0) is 95.9 Å². The fraction of sp³-hybridized carbons (Fsp3) is 0. The Bertz CT molecular complexity index is 3430. The van der Waals surface area contributed by atoms with E-state index >= 15 is 0 Å². The number of fused-ring (bicyclic) bond motifs is 12. The van der Waals surface area contributed by atoms with Crippen molar-refractivity contribution in [1.29, 1.82) is 0 Å². The molecule has 0 aliphatic carbocycles. The molecule has 0 bridgehead atoms. The van der Waals surface area contributed by atoms with Crippen molar-refractivity contribution in [3.63, 3.8) is 0 Å². The smallest absolute Gasteiger partial charge is 0.144 e. The van der Waals surface area contributed by atoms with E-state index in [0.29, 0.717) is 0 Å². The Labute approximate surface area is 310 Å². The molecule has 0 unspecified atom stereocenters. The van der Waals surface area contributed by atoms with Crippen LogP contribution in [0.1, 0.15) is 0 Å². The van der Waals surface area contributed by atoms with Gasteiger partial charge in [0.2, 0.25) is 0 Å². The maximum Gasteiger partial charge on any atom is 0.144 e. The van der Waals surface area contributed by atoms with Gasteiger partial charge in [0, 0.05) is 32.5 Å². The number of hydrogen-bond acceptors (Lipinski definition) is 2. The highest BCUT2D eigenvalue weighted by Gasteiger charge is 2.22. The topological polar surface area (TPSA) is 26.3 Å². The van der Waals surface area contributed by atoms with Crippen molar-refractivity contribution in [2.45, 2.75) is 0 Å². The third kappa shape index (κ3) is 4.17. The highest BCUT2D eigenvalue weighted by molar-refractivity contribution is 6.30. The van der Waals surface area contributed by atoms with Gasteiger partial charge in [0.15, 0.2) is 0 Å². The minimum absolute atomic E-state index is 0.864. The molecule has 10 aromatic carbocycles. The Balaban J connectivity index is 1.08. The Hall–Kier alpha value is -7.16. The second-order valence-electron chi connectivity index (χ2n) is 14.3. The van der Waals surface area contributed by atoms with Crippen LogP contribution in [-0.4, -0.2) is 0 Å². The molecule has 0 amide bonds. The lowest BCUT2D eigenvalue weighted by atomic mass is 9.85. The molecule has 54 heavy (non-hydrogen) atoms. The molecule has 0 atom stereocenters. The average Bonchev–Trinajstić information content (AvgIpc) is 3.81. The summed E-state index contributed by atoms with van der Waals surface area (Å²) < 4.78 is 13.5. The predicted molar refractivity (Wildman–Crippen MR) is 227 cm³/mol. The molecular weight excluding hydrogens is 657 g/mol. The summed E-state index contributed by atoms with van der Waals surface area (Å²) in [6.45, 7) is 0. The van der Waals surface area contributed by atoms with Gasteiger partial charge in [0.05, 0.1) is 0 Å². The van der Waals surface area contributed by atoms with E-state index in [1.54, 1.807) is 0 Å². The van der Waals surface area contributed by atoms with Crippen LogP contribution in [0.2, 0.25) is 0 Å². The maximum absolute atomic E-state index is 6.95. The van der Waals surface area contributed by atoms with Crippen molar-refractivity contribution in [1.82, 2.24) is 0 Å². The third-order valence-electron chi connectivity index (χ3n) is 11.4. The van der Waals surface area contributed by atoms with Gasteiger partial charge in [-0.2, -0.15) is 0 Å². The van der Waals surface area contributed by atoms with Gasteiger partial charge in [-0.15, -0.1) is 0 Å². The fourth-order valence-electron chi connectivity index (χ4n) is 9.02. The first kappa shape index (κ1) is 29.4. The van der Waals surface area contributed by atoms with Crippen LogP contribution in [0.25, 0.3) is 120 Å². The predicted octanol–water partition coefficient (Wildman–Crippen LogP) is 15.1. The number of furan rings is 2. The normalized spacial score (nSPS) is 12.1. The highest BCUT2D eigenvalue weighted by Crippen LogP contribution is 2.47. The molecule has 2 aromatic heterocycles. The van der Waals surface area contributed by atoms with E-state index in [0.717, 1.165) is 65.8 Å². The summed E-state index contributed by atoms with van der Waals surface area (Å²) in [6.07, 6.45) is 0. The zero-order valence-corrected chi connectivity index (χ0v) is 29.1. The van der Waals surface area contributed by atoms with Crippen molar-refractivity contribution in [3.05, 3.63) is 182 Å². The van der Waals surface area contributed by atoms with Crippen LogP contribution in [0.15, 0.2) is 191 Å². The monoisotopic (exact) mass is 686 g/mol. The number of para-hydroxylation sites is 1. The summed E-state index contributed by atoms with van der Waals surface area (Å²) in [4.78, 5) is 0. The Kier molecular flexibility index (Phi) is 6.09. The van der Waals surface area contributed by atoms with Crippen molar-refractivity contribution < 1.29 is 8.83 Å². The van der Waals surface area contributed by atoms with E-state index in [1.165, 1.54) is 54.6 Å². The molecule has 2 nitrogen and oxygen atoms in total. The first-order chi connectivity index (χ1) is 26.8. The SMILES string of the molecule is c1ccc(-c2c3ccccc3c(-c3ccc4cc(-c5cc6oc7ccccc7c6c6c5oc5c7ccccc7ccc56)ccc4c3)c3ccccc23)cc1. The molecule has 12 aromatic rings. The van der Waals surface area contributed by atoms with Gasteiger partial charge in [-0.3, -0.25) is 0 Å². The number of benzene rings is 10. The van der Waals surface area contributed by atoms with Gasteiger partial charge in [-0.25, -0.2) is 0 Å².